The Balaban J connectivity index is 2.68. The molecule has 1 aromatic rings. The van der Waals surface area contributed by atoms with Crippen LogP contribution in [0.3, 0.4) is 0 Å². The standard InChI is InChI=1S/C11H13F2NO3/c12-9-2-1-3-10(13)8(9)4-11(17)14-7(5-15)6-16/h1-3,7,15-16H,4-6H2,(H,14,17). The molecule has 0 atom stereocenters. The minimum absolute atomic E-state index is 0.334. The maximum Gasteiger partial charge on any atom is 0.225 e. The van der Waals surface area contributed by atoms with Gasteiger partial charge in [-0.3, -0.25) is 4.79 Å². The van der Waals surface area contributed by atoms with Gasteiger partial charge < -0.3 is 15.5 Å². The number of aliphatic hydroxyl groups is 2. The zero-order chi connectivity index (χ0) is 12.8. The van der Waals surface area contributed by atoms with Crippen LogP contribution in [-0.4, -0.2) is 35.4 Å². The van der Waals surface area contributed by atoms with Crippen LogP contribution >= 0.6 is 0 Å². The van der Waals surface area contributed by atoms with Crippen molar-refractivity contribution in [1.29, 1.82) is 0 Å². The summed E-state index contributed by atoms with van der Waals surface area (Å²) >= 11 is 0. The second kappa shape index (κ2) is 6.27. The van der Waals surface area contributed by atoms with Gasteiger partial charge in [0, 0.05) is 5.56 Å². The SMILES string of the molecule is O=C(Cc1c(F)cccc1F)NC(CO)CO. The van der Waals surface area contributed by atoms with Gasteiger partial charge in [0.15, 0.2) is 0 Å². The average Bonchev–Trinajstić information content (AvgIpc) is 2.31. The Morgan fingerprint density at radius 3 is 2.24 bits per heavy atom. The molecule has 1 rings (SSSR count). The molecular weight excluding hydrogens is 232 g/mol. The molecule has 0 aromatic heterocycles. The zero-order valence-corrected chi connectivity index (χ0v) is 8.99. The summed E-state index contributed by atoms with van der Waals surface area (Å²) in [6, 6.07) is 2.50. The lowest BCUT2D eigenvalue weighted by Crippen LogP contribution is -2.41. The van der Waals surface area contributed by atoms with E-state index < -0.39 is 43.2 Å². The van der Waals surface area contributed by atoms with E-state index in [1.54, 1.807) is 0 Å². The van der Waals surface area contributed by atoms with Gasteiger partial charge in [0.1, 0.15) is 11.6 Å². The summed E-state index contributed by atoms with van der Waals surface area (Å²) in [5.74, 6) is -2.27. The van der Waals surface area contributed by atoms with E-state index >= 15 is 0 Å². The molecule has 3 N–H and O–H groups in total. The highest BCUT2D eigenvalue weighted by Crippen LogP contribution is 2.12. The van der Waals surface area contributed by atoms with E-state index in [0.717, 1.165) is 12.1 Å². The first kappa shape index (κ1) is 13.5. The molecule has 0 unspecified atom stereocenters. The second-order valence-corrected chi connectivity index (χ2v) is 3.51. The summed E-state index contributed by atoms with van der Waals surface area (Å²) < 4.78 is 26.4. The maximum absolute atomic E-state index is 13.2. The monoisotopic (exact) mass is 245 g/mol. The topological polar surface area (TPSA) is 69.6 Å². The molecule has 1 amide bonds. The lowest BCUT2D eigenvalue weighted by atomic mass is 10.1. The van der Waals surface area contributed by atoms with E-state index in [1.165, 1.54) is 6.07 Å². The normalized spacial score (nSPS) is 10.6. The fourth-order valence-corrected chi connectivity index (χ4v) is 1.29. The molecule has 94 valence electrons. The van der Waals surface area contributed by atoms with Crippen LogP contribution in [0, 0.1) is 11.6 Å². The number of nitrogens with one attached hydrogen (secondary N) is 1. The third-order valence-electron chi connectivity index (χ3n) is 2.20. The lowest BCUT2D eigenvalue weighted by molar-refractivity contribution is -0.121. The Morgan fingerprint density at radius 1 is 1.24 bits per heavy atom. The molecule has 0 aliphatic heterocycles. The maximum atomic E-state index is 13.2. The summed E-state index contributed by atoms with van der Waals surface area (Å²) in [6.07, 6.45) is -0.477. The van der Waals surface area contributed by atoms with Crippen molar-refractivity contribution in [3.8, 4) is 0 Å². The second-order valence-electron chi connectivity index (χ2n) is 3.51. The largest absolute Gasteiger partial charge is 0.394 e. The number of amides is 1. The molecule has 4 nitrogen and oxygen atoms in total. The molecule has 0 fully saturated rings. The fraction of sp³-hybridized carbons (Fsp3) is 0.364. The quantitative estimate of drug-likeness (QED) is 0.682. The van der Waals surface area contributed by atoms with Crippen LogP contribution < -0.4 is 5.32 Å². The van der Waals surface area contributed by atoms with Gasteiger partial charge in [-0.15, -0.1) is 0 Å². The van der Waals surface area contributed by atoms with Crippen LogP contribution in [0.25, 0.3) is 0 Å². The summed E-state index contributed by atoms with van der Waals surface area (Å²) in [5.41, 5.74) is -0.334. The molecule has 0 heterocycles. The lowest BCUT2D eigenvalue weighted by Gasteiger charge is -2.13. The molecule has 0 radical (unpaired) electrons. The van der Waals surface area contributed by atoms with Gasteiger partial charge in [0.2, 0.25) is 5.91 Å². The van der Waals surface area contributed by atoms with Crippen LogP contribution in [0.5, 0.6) is 0 Å². The van der Waals surface area contributed by atoms with Crippen molar-refractivity contribution in [3.63, 3.8) is 0 Å². The first-order valence-corrected chi connectivity index (χ1v) is 5.02. The predicted octanol–water partition coefficient (Wildman–Crippen LogP) is -0.0233. The third-order valence-corrected chi connectivity index (χ3v) is 2.20. The number of hydrogen-bond donors (Lipinski definition) is 3. The van der Waals surface area contributed by atoms with E-state index in [0.29, 0.717) is 0 Å². The van der Waals surface area contributed by atoms with Crippen molar-refractivity contribution >= 4 is 5.91 Å². The van der Waals surface area contributed by atoms with Gasteiger partial charge in [-0.1, -0.05) is 6.07 Å². The Kier molecular flexibility index (Phi) is 4.99. The Hall–Kier alpha value is -1.53. The van der Waals surface area contributed by atoms with Crippen molar-refractivity contribution in [2.24, 2.45) is 0 Å². The Labute approximate surface area is 96.9 Å². The van der Waals surface area contributed by atoms with Crippen LogP contribution in [0.2, 0.25) is 0 Å². The van der Waals surface area contributed by atoms with E-state index in [1.807, 2.05) is 0 Å². The van der Waals surface area contributed by atoms with Crippen molar-refractivity contribution in [2.45, 2.75) is 12.5 Å². The molecule has 17 heavy (non-hydrogen) atoms. The summed E-state index contributed by atoms with van der Waals surface area (Å²) in [6.45, 7) is -0.885. The molecule has 6 heteroatoms. The molecule has 0 spiro atoms. The predicted molar refractivity (Wildman–Crippen MR) is 56.2 cm³/mol. The number of aliphatic hydroxyl groups excluding tert-OH is 2. The number of benzene rings is 1. The van der Waals surface area contributed by atoms with Crippen LogP contribution in [-0.2, 0) is 11.2 Å². The van der Waals surface area contributed by atoms with Crippen molar-refractivity contribution in [3.05, 3.63) is 35.4 Å². The highest BCUT2D eigenvalue weighted by Gasteiger charge is 2.15. The molecular formula is C11H13F2NO3. The molecule has 0 bridgehead atoms. The van der Waals surface area contributed by atoms with Crippen molar-refractivity contribution < 1.29 is 23.8 Å². The van der Waals surface area contributed by atoms with Crippen molar-refractivity contribution in [2.75, 3.05) is 13.2 Å². The highest BCUT2D eigenvalue weighted by molar-refractivity contribution is 5.79. The third kappa shape index (κ3) is 3.76. The molecule has 0 saturated heterocycles. The Morgan fingerprint density at radius 2 is 1.76 bits per heavy atom. The molecule has 0 aliphatic rings. The zero-order valence-electron chi connectivity index (χ0n) is 8.99. The number of rotatable bonds is 5. The minimum atomic E-state index is -0.822. The smallest absolute Gasteiger partial charge is 0.225 e. The van der Waals surface area contributed by atoms with Gasteiger partial charge >= 0.3 is 0 Å². The van der Waals surface area contributed by atoms with E-state index in [-0.39, 0.29) is 5.56 Å². The first-order chi connectivity index (χ1) is 8.08. The molecule has 1 aromatic carbocycles. The van der Waals surface area contributed by atoms with E-state index in [2.05, 4.69) is 5.32 Å². The summed E-state index contributed by atoms with van der Waals surface area (Å²) in [4.78, 5) is 11.4. The van der Waals surface area contributed by atoms with Crippen molar-refractivity contribution in [1.82, 2.24) is 5.32 Å². The summed E-state index contributed by atoms with van der Waals surface area (Å²) in [5, 5.41) is 19.7. The summed E-state index contributed by atoms with van der Waals surface area (Å²) in [7, 11) is 0. The first-order valence-electron chi connectivity index (χ1n) is 5.02. The minimum Gasteiger partial charge on any atom is -0.394 e. The molecule has 0 aliphatic carbocycles. The number of halogens is 2. The van der Waals surface area contributed by atoms with Gasteiger partial charge in [-0.25, -0.2) is 8.78 Å². The van der Waals surface area contributed by atoms with Crippen LogP contribution in [0.4, 0.5) is 8.78 Å². The van der Waals surface area contributed by atoms with Gasteiger partial charge in [0.25, 0.3) is 0 Å². The van der Waals surface area contributed by atoms with Gasteiger partial charge in [0.05, 0.1) is 25.7 Å². The number of hydrogen-bond acceptors (Lipinski definition) is 3. The number of carbonyl (C=O) groups is 1. The highest BCUT2D eigenvalue weighted by atomic mass is 19.1. The van der Waals surface area contributed by atoms with E-state index in [9.17, 15) is 13.6 Å². The average molecular weight is 245 g/mol. The van der Waals surface area contributed by atoms with Crippen LogP contribution in [0.15, 0.2) is 18.2 Å². The van der Waals surface area contributed by atoms with Gasteiger partial charge in [-0.05, 0) is 12.1 Å². The fourth-order valence-electron chi connectivity index (χ4n) is 1.29. The van der Waals surface area contributed by atoms with E-state index in [4.69, 9.17) is 10.2 Å². The number of carbonyl (C=O) groups excluding carboxylic acids is 1. The van der Waals surface area contributed by atoms with Crippen LogP contribution in [0.1, 0.15) is 5.56 Å². The molecule has 0 saturated carbocycles. The van der Waals surface area contributed by atoms with Gasteiger partial charge in [-0.2, -0.15) is 0 Å². The Bertz CT molecular complexity index is 374.